The van der Waals surface area contributed by atoms with Gasteiger partial charge in [0.25, 0.3) is 5.69 Å². The Hall–Kier alpha value is -2.09. The average Bonchev–Trinajstić information content (AvgIpc) is 3.01. The Morgan fingerprint density at radius 2 is 2.06 bits per heavy atom. The van der Waals surface area contributed by atoms with Gasteiger partial charge in [-0.1, -0.05) is 0 Å². The van der Waals surface area contributed by atoms with Crippen LogP contribution in [-0.4, -0.2) is 16.4 Å². The first-order valence-electron chi connectivity index (χ1n) is 5.07. The highest BCUT2D eigenvalue weighted by Gasteiger charge is 2.46. The zero-order chi connectivity index (χ0) is 13.5. The number of benzene rings is 1. The monoisotopic (exact) mass is 257 g/mol. The maximum Gasteiger partial charge on any atom is 0.298 e. The van der Waals surface area contributed by atoms with E-state index in [1.807, 2.05) is 5.32 Å². The van der Waals surface area contributed by atoms with Crippen molar-refractivity contribution in [3.05, 3.63) is 33.9 Å². The van der Waals surface area contributed by atoms with Crippen LogP contribution >= 0.6 is 0 Å². The van der Waals surface area contributed by atoms with E-state index in [1.54, 1.807) is 0 Å². The van der Waals surface area contributed by atoms with E-state index >= 15 is 0 Å². The van der Waals surface area contributed by atoms with Gasteiger partial charge in [0, 0.05) is 6.07 Å². The Kier molecular flexibility index (Phi) is 2.74. The van der Waals surface area contributed by atoms with Crippen molar-refractivity contribution in [3.63, 3.8) is 0 Å². The predicted octanol–water partition coefficient (Wildman–Crippen LogP) is 1.30. The molecule has 0 unspecified atom stereocenters. The molecule has 6 nitrogen and oxygen atoms in total. The summed E-state index contributed by atoms with van der Waals surface area (Å²) in [7, 11) is 0. The second kappa shape index (κ2) is 3.98. The number of carbonyl (C=O) groups excluding carboxylic acids is 1. The fourth-order valence-corrected chi connectivity index (χ4v) is 1.43. The molecule has 0 saturated heterocycles. The fraction of sp³-hybridized carbons (Fsp3) is 0.300. The molecule has 0 heterocycles. The Labute approximate surface area is 99.9 Å². The maximum absolute atomic E-state index is 13.4. The molecular weight excluding hydrogens is 248 g/mol. The van der Waals surface area contributed by atoms with Crippen LogP contribution in [0.1, 0.15) is 12.8 Å². The van der Waals surface area contributed by atoms with Gasteiger partial charge in [-0.05, 0) is 12.8 Å². The van der Waals surface area contributed by atoms with E-state index in [9.17, 15) is 23.7 Å². The Morgan fingerprint density at radius 3 is 2.56 bits per heavy atom. The molecule has 1 aliphatic carbocycles. The average molecular weight is 257 g/mol. The number of carbonyl (C=O) groups is 1. The zero-order valence-corrected chi connectivity index (χ0v) is 9.07. The van der Waals surface area contributed by atoms with Crippen LogP contribution in [-0.2, 0) is 4.79 Å². The molecule has 0 spiro atoms. The van der Waals surface area contributed by atoms with Crippen molar-refractivity contribution >= 4 is 17.3 Å². The first-order valence-corrected chi connectivity index (χ1v) is 5.07. The van der Waals surface area contributed by atoms with Crippen molar-refractivity contribution in [2.45, 2.75) is 18.4 Å². The lowest BCUT2D eigenvalue weighted by atomic mass is 10.2. The molecule has 0 aromatic heterocycles. The lowest BCUT2D eigenvalue weighted by molar-refractivity contribution is -0.384. The van der Waals surface area contributed by atoms with Crippen molar-refractivity contribution in [1.29, 1.82) is 0 Å². The van der Waals surface area contributed by atoms with E-state index in [2.05, 4.69) is 0 Å². The minimum atomic E-state index is -1.21. The third-order valence-electron chi connectivity index (χ3n) is 2.71. The summed E-state index contributed by atoms with van der Waals surface area (Å²) in [6.07, 6.45) is 0.852. The van der Waals surface area contributed by atoms with E-state index in [0.29, 0.717) is 25.0 Å². The number of nitrogens with one attached hydrogen (secondary N) is 1. The second-order valence-corrected chi connectivity index (χ2v) is 4.15. The predicted molar refractivity (Wildman–Crippen MR) is 57.8 cm³/mol. The van der Waals surface area contributed by atoms with Gasteiger partial charge in [-0.25, -0.2) is 8.78 Å². The summed E-state index contributed by atoms with van der Waals surface area (Å²) in [4.78, 5) is 21.3. The molecule has 3 N–H and O–H groups in total. The largest absolute Gasteiger partial charge is 0.317 e. The lowest BCUT2D eigenvalue weighted by Crippen LogP contribution is -2.38. The molecule has 2 rings (SSSR count). The highest BCUT2D eigenvalue weighted by Crippen LogP contribution is 2.35. The summed E-state index contributed by atoms with van der Waals surface area (Å²) in [6, 6.07) is 0.994. The summed E-state index contributed by atoms with van der Waals surface area (Å²) in [5.41, 5.74) is 2.96. The molecule has 1 fully saturated rings. The Balaban J connectivity index is 2.37. The van der Waals surface area contributed by atoms with Crippen LogP contribution in [0, 0.1) is 21.7 Å². The summed E-state index contributed by atoms with van der Waals surface area (Å²) in [5, 5.41) is 12.7. The van der Waals surface area contributed by atoms with Crippen LogP contribution in [0.25, 0.3) is 0 Å². The molecule has 0 aliphatic heterocycles. The number of hydrogen-bond donors (Lipinski definition) is 2. The van der Waals surface area contributed by atoms with Crippen LogP contribution < -0.4 is 11.1 Å². The first kappa shape index (κ1) is 12.4. The molecule has 1 aliphatic rings. The van der Waals surface area contributed by atoms with Gasteiger partial charge in [0.15, 0.2) is 11.5 Å². The van der Waals surface area contributed by atoms with Gasteiger partial charge in [0.2, 0.25) is 5.91 Å². The number of rotatable bonds is 3. The maximum atomic E-state index is 13.4. The number of nitrogens with two attached hydrogens (primary N) is 1. The standard InChI is InChI=1S/C10H9F2N3O3/c11-5-3-6(12)8(7(4-5)15(17)18)14-9(16)10(13)1-2-10/h3-4H,1-2,13H2,(H,14,16). The third-order valence-corrected chi connectivity index (χ3v) is 2.71. The first-order chi connectivity index (χ1) is 8.33. The van der Waals surface area contributed by atoms with Crippen molar-refractivity contribution < 1.29 is 18.5 Å². The fourth-order valence-electron chi connectivity index (χ4n) is 1.43. The molecule has 1 saturated carbocycles. The second-order valence-electron chi connectivity index (χ2n) is 4.15. The Bertz CT molecular complexity index is 543. The molecule has 1 aromatic rings. The van der Waals surface area contributed by atoms with E-state index < -0.39 is 39.4 Å². The SMILES string of the molecule is NC1(C(=O)Nc2c(F)cc(F)cc2[N+](=O)[O-])CC1. The van der Waals surface area contributed by atoms with Gasteiger partial charge >= 0.3 is 0 Å². The minimum Gasteiger partial charge on any atom is -0.317 e. The number of halogens is 2. The highest BCUT2D eigenvalue weighted by molar-refractivity contribution is 6.01. The van der Waals surface area contributed by atoms with E-state index in [4.69, 9.17) is 5.73 Å². The van der Waals surface area contributed by atoms with Gasteiger partial charge in [0.1, 0.15) is 5.82 Å². The van der Waals surface area contributed by atoms with Gasteiger partial charge in [0.05, 0.1) is 16.5 Å². The lowest BCUT2D eigenvalue weighted by Gasteiger charge is -2.11. The molecule has 1 amide bonds. The zero-order valence-electron chi connectivity index (χ0n) is 9.07. The van der Waals surface area contributed by atoms with Gasteiger partial charge in [-0.3, -0.25) is 14.9 Å². The molecule has 18 heavy (non-hydrogen) atoms. The molecule has 8 heteroatoms. The van der Waals surface area contributed by atoms with E-state index in [1.165, 1.54) is 0 Å². The molecule has 1 aromatic carbocycles. The quantitative estimate of drug-likeness (QED) is 0.629. The van der Waals surface area contributed by atoms with E-state index in [-0.39, 0.29) is 0 Å². The molecule has 96 valence electrons. The van der Waals surface area contributed by atoms with Gasteiger partial charge < -0.3 is 11.1 Å². The number of nitro benzene ring substituents is 1. The number of amides is 1. The van der Waals surface area contributed by atoms with Crippen LogP contribution in [0.3, 0.4) is 0 Å². The van der Waals surface area contributed by atoms with Crippen LogP contribution in [0.15, 0.2) is 12.1 Å². The normalized spacial score (nSPS) is 16.2. The summed E-state index contributed by atoms with van der Waals surface area (Å²) in [6.45, 7) is 0. The van der Waals surface area contributed by atoms with Crippen molar-refractivity contribution in [2.24, 2.45) is 5.73 Å². The Morgan fingerprint density at radius 1 is 1.44 bits per heavy atom. The topological polar surface area (TPSA) is 98.3 Å². The van der Waals surface area contributed by atoms with Crippen molar-refractivity contribution in [1.82, 2.24) is 0 Å². The third kappa shape index (κ3) is 2.14. The molecule has 0 atom stereocenters. The molecule has 0 radical (unpaired) electrons. The van der Waals surface area contributed by atoms with Gasteiger partial charge in [-0.2, -0.15) is 0 Å². The van der Waals surface area contributed by atoms with Gasteiger partial charge in [-0.15, -0.1) is 0 Å². The number of anilines is 1. The smallest absolute Gasteiger partial charge is 0.298 e. The molecule has 0 bridgehead atoms. The molecular formula is C10H9F2N3O3. The summed E-state index contributed by atoms with van der Waals surface area (Å²) in [5.74, 6) is -3.01. The highest BCUT2D eigenvalue weighted by atomic mass is 19.1. The number of nitro groups is 1. The van der Waals surface area contributed by atoms with Crippen LogP contribution in [0.4, 0.5) is 20.2 Å². The number of hydrogen-bond acceptors (Lipinski definition) is 4. The summed E-state index contributed by atoms with van der Waals surface area (Å²) < 4.78 is 26.3. The van der Waals surface area contributed by atoms with Crippen LogP contribution in [0.5, 0.6) is 0 Å². The van der Waals surface area contributed by atoms with Crippen molar-refractivity contribution in [3.8, 4) is 0 Å². The van der Waals surface area contributed by atoms with Crippen LogP contribution in [0.2, 0.25) is 0 Å². The van der Waals surface area contributed by atoms with Crippen molar-refractivity contribution in [2.75, 3.05) is 5.32 Å². The number of nitrogens with zero attached hydrogens (tertiary/aromatic N) is 1. The van der Waals surface area contributed by atoms with E-state index in [0.717, 1.165) is 0 Å². The minimum absolute atomic E-state index is 0.426. The summed E-state index contributed by atoms with van der Waals surface area (Å²) >= 11 is 0.